The average molecular weight is 358 g/mol. The van der Waals surface area contributed by atoms with E-state index in [4.69, 9.17) is 0 Å². The first-order valence-corrected chi connectivity index (χ1v) is 9.44. The van der Waals surface area contributed by atoms with Gasteiger partial charge >= 0.3 is 0 Å². The van der Waals surface area contributed by atoms with Crippen molar-refractivity contribution >= 4 is 28.8 Å². The summed E-state index contributed by atoms with van der Waals surface area (Å²) in [5.74, 6) is 1.66. The molecule has 0 radical (unpaired) electrons. The molecule has 1 aliphatic carbocycles. The van der Waals surface area contributed by atoms with E-state index in [0.29, 0.717) is 11.8 Å². The Morgan fingerprint density at radius 2 is 2.04 bits per heavy atom. The van der Waals surface area contributed by atoms with Crippen molar-refractivity contribution in [3.8, 4) is 10.7 Å². The number of benzene rings is 1. The molecule has 2 aromatic heterocycles. The van der Waals surface area contributed by atoms with Crippen molar-refractivity contribution in [2.45, 2.75) is 29.8 Å². The van der Waals surface area contributed by atoms with Crippen molar-refractivity contribution in [1.82, 2.24) is 14.8 Å². The molecule has 122 valence electrons. The number of nitro groups is 1. The van der Waals surface area contributed by atoms with Crippen LogP contribution in [0.5, 0.6) is 0 Å². The molecule has 4 rings (SSSR count). The van der Waals surface area contributed by atoms with Crippen LogP contribution in [0.3, 0.4) is 0 Å². The molecule has 0 unspecified atom stereocenters. The summed E-state index contributed by atoms with van der Waals surface area (Å²) in [4.78, 5) is 11.5. The van der Waals surface area contributed by atoms with E-state index in [2.05, 4.69) is 20.8 Å². The van der Waals surface area contributed by atoms with Gasteiger partial charge in [0.2, 0.25) is 0 Å². The van der Waals surface area contributed by atoms with Gasteiger partial charge in [-0.3, -0.25) is 14.7 Å². The van der Waals surface area contributed by atoms with E-state index < -0.39 is 0 Å². The third-order valence-electron chi connectivity index (χ3n) is 3.83. The molecule has 1 aromatic carbocycles. The smallest absolute Gasteiger partial charge is 0.269 e. The molecule has 24 heavy (non-hydrogen) atoms. The van der Waals surface area contributed by atoms with Crippen LogP contribution in [0.2, 0.25) is 0 Å². The summed E-state index contributed by atoms with van der Waals surface area (Å²) in [6.45, 7) is 0. The van der Waals surface area contributed by atoms with E-state index in [0.717, 1.165) is 21.4 Å². The summed E-state index contributed by atoms with van der Waals surface area (Å²) in [6.07, 6.45) is 2.34. The highest BCUT2D eigenvalue weighted by Crippen LogP contribution is 2.42. The zero-order valence-electron chi connectivity index (χ0n) is 12.7. The van der Waals surface area contributed by atoms with Crippen LogP contribution in [0.4, 0.5) is 5.69 Å². The highest BCUT2D eigenvalue weighted by Gasteiger charge is 2.30. The van der Waals surface area contributed by atoms with Crippen LogP contribution < -0.4 is 0 Å². The molecule has 8 heteroatoms. The number of aromatic nitrogens is 3. The maximum Gasteiger partial charge on any atom is 0.269 e. The number of non-ortho nitro benzene ring substituents is 1. The Hall–Kier alpha value is -2.19. The first-order chi connectivity index (χ1) is 11.7. The van der Waals surface area contributed by atoms with Crippen molar-refractivity contribution in [1.29, 1.82) is 0 Å². The SMILES string of the molecule is O=[N+]([O-])c1ccc(CSc2nnc(-c3cccs3)n2C2CC2)cc1. The topological polar surface area (TPSA) is 73.8 Å². The van der Waals surface area contributed by atoms with Crippen molar-refractivity contribution in [3.63, 3.8) is 0 Å². The summed E-state index contributed by atoms with van der Waals surface area (Å²) in [7, 11) is 0. The maximum absolute atomic E-state index is 10.7. The minimum Gasteiger partial charge on any atom is -0.298 e. The van der Waals surface area contributed by atoms with E-state index in [1.807, 2.05) is 11.4 Å². The molecule has 0 saturated heterocycles. The Labute approximate surface area is 146 Å². The standard InChI is InChI=1S/C16H14N4O2S2/c21-20(22)13-5-3-11(4-6-13)10-24-16-18-17-15(14-2-1-9-23-14)19(16)12-7-8-12/h1-6,9,12H,7-8,10H2. The van der Waals surface area contributed by atoms with Crippen LogP contribution in [0.15, 0.2) is 46.9 Å². The molecule has 0 atom stereocenters. The van der Waals surface area contributed by atoms with Gasteiger partial charge in [-0.2, -0.15) is 0 Å². The van der Waals surface area contributed by atoms with E-state index in [9.17, 15) is 10.1 Å². The minimum absolute atomic E-state index is 0.116. The Morgan fingerprint density at radius 1 is 1.25 bits per heavy atom. The van der Waals surface area contributed by atoms with Crippen molar-refractivity contribution in [3.05, 3.63) is 57.5 Å². The molecule has 0 aliphatic heterocycles. The van der Waals surface area contributed by atoms with E-state index in [1.165, 1.54) is 12.8 Å². The van der Waals surface area contributed by atoms with Crippen molar-refractivity contribution in [2.24, 2.45) is 0 Å². The van der Waals surface area contributed by atoms with Gasteiger partial charge in [0.1, 0.15) is 0 Å². The molecule has 1 aliphatic rings. The summed E-state index contributed by atoms with van der Waals surface area (Å²) in [6, 6.07) is 11.3. The monoisotopic (exact) mass is 358 g/mol. The van der Waals surface area contributed by atoms with Crippen LogP contribution in [0.25, 0.3) is 10.7 Å². The second kappa shape index (κ2) is 6.37. The van der Waals surface area contributed by atoms with Gasteiger partial charge in [-0.25, -0.2) is 0 Å². The average Bonchev–Trinajstić information content (AvgIpc) is 3.11. The number of thiophene rings is 1. The molecule has 3 aromatic rings. The zero-order valence-corrected chi connectivity index (χ0v) is 14.3. The van der Waals surface area contributed by atoms with Gasteiger partial charge in [0.05, 0.1) is 9.80 Å². The first kappa shape index (κ1) is 15.3. The van der Waals surface area contributed by atoms with Gasteiger partial charge in [0.15, 0.2) is 11.0 Å². The highest BCUT2D eigenvalue weighted by molar-refractivity contribution is 7.98. The van der Waals surface area contributed by atoms with E-state index >= 15 is 0 Å². The number of nitro benzene ring substituents is 1. The lowest BCUT2D eigenvalue weighted by Gasteiger charge is -2.07. The second-order valence-corrected chi connectivity index (χ2v) is 7.49. The van der Waals surface area contributed by atoms with Crippen molar-refractivity contribution in [2.75, 3.05) is 0 Å². The Kier molecular flexibility index (Phi) is 4.07. The molecular weight excluding hydrogens is 344 g/mol. The normalized spacial score (nSPS) is 14.0. The lowest BCUT2D eigenvalue weighted by molar-refractivity contribution is -0.384. The quantitative estimate of drug-likeness (QED) is 0.367. The summed E-state index contributed by atoms with van der Waals surface area (Å²) < 4.78 is 2.24. The largest absolute Gasteiger partial charge is 0.298 e. The van der Waals surface area contributed by atoms with Crippen molar-refractivity contribution < 1.29 is 4.92 Å². The van der Waals surface area contributed by atoms with Gasteiger partial charge in [-0.15, -0.1) is 21.5 Å². The number of nitrogens with zero attached hydrogens (tertiary/aromatic N) is 4. The van der Waals surface area contributed by atoms with Gasteiger partial charge in [-0.1, -0.05) is 30.0 Å². The van der Waals surface area contributed by atoms with Crippen LogP contribution >= 0.6 is 23.1 Å². The molecule has 0 bridgehead atoms. The molecule has 1 saturated carbocycles. The summed E-state index contributed by atoms with van der Waals surface area (Å²) >= 11 is 3.30. The molecule has 0 spiro atoms. The Balaban J connectivity index is 1.53. The van der Waals surface area contributed by atoms with Crippen LogP contribution in [-0.4, -0.2) is 19.7 Å². The fourth-order valence-corrected chi connectivity index (χ4v) is 4.14. The lowest BCUT2D eigenvalue weighted by Crippen LogP contribution is -1.99. The number of rotatable bonds is 6. The fraction of sp³-hybridized carbons (Fsp3) is 0.250. The predicted molar refractivity (Wildman–Crippen MR) is 94.3 cm³/mol. The van der Waals surface area contributed by atoms with E-state index in [1.54, 1.807) is 47.4 Å². The molecule has 2 heterocycles. The van der Waals surface area contributed by atoms with Gasteiger partial charge in [-0.05, 0) is 29.9 Å². The van der Waals surface area contributed by atoms with Gasteiger partial charge < -0.3 is 0 Å². The zero-order chi connectivity index (χ0) is 16.5. The summed E-state index contributed by atoms with van der Waals surface area (Å²) in [5, 5.41) is 22.4. The Morgan fingerprint density at radius 3 is 2.67 bits per heavy atom. The fourth-order valence-electron chi connectivity index (χ4n) is 2.47. The first-order valence-electron chi connectivity index (χ1n) is 7.57. The third kappa shape index (κ3) is 3.07. The number of hydrogen-bond acceptors (Lipinski definition) is 6. The van der Waals surface area contributed by atoms with Crippen LogP contribution in [-0.2, 0) is 5.75 Å². The predicted octanol–water partition coefficient (Wildman–Crippen LogP) is 4.54. The van der Waals surface area contributed by atoms with Gasteiger partial charge in [0, 0.05) is 23.9 Å². The number of thioether (sulfide) groups is 1. The maximum atomic E-state index is 10.7. The lowest BCUT2D eigenvalue weighted by atomic mass is 10.2. The molecule has 0 N–H and O–H groups in total. The highest BCUT2D eigenvalue weighted by atomic mass is 32.2. The van der Waals surface area contributed by atoms with Crippen LogP contribution in [0, 0.1) is 10.1 Å². The van der Waals surface area contributed by atoms with E-state index in [-0.39, 0.29) is 10.6 Å². The number of hydrogen-bond donors (Lipinski definition) is 0. The molecule has 6 nitrogen and oxygen atoms in total. The van der Waals surface area contributed by atoms with Crippen LogP contribution in [0.1, 0.15) is 24.4 Å². The molecule has 1 fully saturated rings. The third-order valence-corrected chi connectivity index (χ3v) is 5.71. The molecular formula is C16H14N4O2S2. The summed E-state index contributed by atoms with van der Waals surface area (Å²) in [5.41, 5.74) is 1.15. The second-order valence-electron chi connectivity index (χ2n) is 5.60. The Bertz CT molecular complexity index is 855. The minimum atomic E-state index is -0.381. The molecule has 0 amide bonds. The van der Waals surface area contributed by atoms with Gasteiger partial charge in [0.25, 0.3) is 5.69 Å².